The Kier molecular flexibility index (Phi) is 6.21. The summed E-state index contributed by atoms with van der Waals surface area (Å²) in [6.45, 7) is 7.55. The molecule has 4 N–H and O–H groups in total. The fourth-order valence-corrected chi connectivity index (χ4v) is 2.48. The van der Waals surface area contributed by atoms with E-state index in [1.54, 1.807) is 24.3 Å². The van der Waals surface area contributed by atoms with Crippen LogP contribution in [-0.2, 0) is 0 Å². The van der Waals surface area contributed by atoms with Crippen molar-refractivity contribution in [1.29, 1.82) is 0 Å². The molecule has 2 rings (SSSR count). The van der Waals surface area contributed by atoms with Gasteiger partial charge in [0.1, 0.15) is 12.4 Å². The lowest BCUT2D eigenvalue weighted by molar-refractivity contribution is 0.103. The highest BCUT2D eigenvalue weighted by Gasteiger charge is 2.15. The summed E-state index contributed by atoms with van der Waals surface area (Å²) in [5, 5.41) is 0. The van der Waals surface area contributed by atoms with Gasteiger partial charge in [-0.05, 0) is 43.4 Å². The van der Waals surface area contributed by atoms with Crippen LogP contribution < -0.4 is 16.2 Å². The molecule has 0 aliphatic rings. The van der Waals surface area contributed by atoms with Crippen LogP contribution in [0.4, 0.5) is 11.4 Å². The first kappa shape index (κ1) is 17.8. The number of hydrogen-bond donors (Lipinski definition) is 2. The molecule has 0 aliphatic carbocycles. The van der Waals surface area contributed by atoms with Crippen LogP contribution in [0.25, 0.3) is 0 Å². The van der Waals surface area contributed by atoms with Crippen LogP contribution >= 0.6 is 0 Å². The SMILES string of the molecule is CCN(CC)CCOc1ccccc1C(=O)c1ccc(N)c(N)c1. The van der Waals surface area contributed by atoms with E-state index in [-0.39, 0.29) is 5.78 Å². The van der Waals surface area contributed by atoms with Crippen LogP contribution in [0.15, 0.2) is 42.5 Å². The van der Waals surface area contributed by atoms with Gasteiger partial charge in [0.25, 0.3) is 0 Å². The topological polar surface area (TPSA) is 81.6 Å². The zero-order valence-electron chi connectivity index (χ0n) is 14.3. The zero-order chi connectivity index (χ0) is 17.5. The maximum atomic E-state index is 12.8. The number of para-hydroxylation sites is 1. The minimum Gasteiger partial charge on any atom is -0.491 e. The Balaban J connectivity index is 2.15. The highest BCUT2D eigenvalue weighted by atomic mass is 16.5. The van der Waals surface area contributed by atoms with Crippen LogP contribution in [0, 0.1) is 0 Å². The number of carbonyl (C=O) groups excluding carboxylic acids is 1. The van der Waals surface area contributed by atoms with Crippen molar-refractivity contribution < 1.29 is 9.53 Å². The van der Waals surface area contributed by atoms with E-state index in [4.69, 9.17) is 16.2 Å². The summed E-state index contributed by atoms with van der Waals surface area (Å²) in [5.74, 6) is 0.463. The fourth-order valence-electron chi connectivity index (χ4n) is 2.48. The predicted octanol–water partition coefficient (Wildman–Crippen LogP) is 2.80. The second kappa shape index (κ2) is 8.36. The molecular weight excluding hydrogens is 302 g/mol. The van der Waals surface area contributed by atoms with E-state index < -0.39 is 0 Å². The molecule has 2 aromatic carbocycles. The molecule has 0 saturated heterocycles. The zero-order valence-corrected chi connectivity index (χ0v) is 14.3. The number of likely N-dealkylation sites (N-methyl/N-ethyl adjacent to an activating group) is 1. The molecule has 0 aliphatic heterocycles. The molecule has 0 spiro atoms. The molecule has 0 radical (unpaired) electrons. The first-order valence-corrected chi connectivity index (χ1v) is 8.20. The number of ether oxygens (including phenoxy) is 1. The van der Waals surface area contributed by atoms with Crippen molar-refractivity contribution in [3.63, 3.8) is 0 Å². The normalized spacial score (nSPS) is 10.8. The van der Waals surface area contributed by atoms with Crippen LogP contribution in [0.3, 0.4) is 0 Å². The quantitative estimate of drug-likeness (QED) is 0.575. The smallest absolute Gasteiger partial charge is 0.196 e. The number of hydrogen-bond acceptors (Lipinski definition) is 5. The van der Waals surface area contributed by atoms with Crippen molar-refractivity contribution in [2.24, 2.45) is 0 Å². The van der Waals surface area contributed by atoms with Gasteiger partial charge in [0.2, 0.25) is 0 Å². The van der Waals surface area contributed by atoms with Crippen molar-refractivity contribution in [3.8, 4) is 5.75 Å². The van der Waals surface area contributed by atoms with E-state index in [1.165, 1.54) is 0 Å². The Labute approximate surface area is 143 Å². The summed E-state index contributed by atoms with van der Waals surface area (Å²) in [6.07, 6.45) is 0. The third kappa shape index (κ3) is 4.26. The predicted molar refractivity (Wildman–Crippen MR) is 98.4 cm³/mol. The van der Waals surface area contributed by atoms with Gasteiger partial charge in [-0.3, -0.25) is 4.79 Å². The maximum Gasteiger partial charge on any atom is 0.196 e. The van der Waals surface area contributed by atoms with Crippen molar-refractivity contribution in [2.75, 3.05) is 37.7 Å². The minimum absolute atomic E-state index is 0.125. The van der Waals surface area contributed by atoms with Crippen molar-refractivity contribution >= 4 is 17.2 Å². The molecule has 0 fully saturated rings. The van der Waals surface area contributed by atoms with E-state index in [2.05, 4.69) is 18.7 Å². The second-order valence-electron chi connectivity index (χ2n) is 5.54. The van der Waals surface area contributed by atoms with E-state index >= 15 is 0 Å². The summed E-state index contributed by atoms with van der Waals surface area (Å²) in [5.41, 5.74) is 13.4. The number of nitrogens with zero attached hydrogens (tertiary/aromatic N) is 1. The number of benzene rings is 2. The highest BCUT2D eigenvalue weighted by Crippen LogP contribution is 2.24. The van der Waals surface area contributed by atoms with Crippen LogP contribution in [0.1, 0.15) is 29.8 Å². The van der Waals surface area contributed by atoms with Crippen molar-refractivity contribution in [3.05, 3.63) is 53.6 Å². The van der Waals surface area contributed by atoms with Crippen molar-refractivity contribution in [1.82, 2.24) is 4.90 Å². The molecule has 0 amide bonds. The number of ketones is 1. The summed E-state index contributed by atoms with van der Waals surface area (Å²) in [7, 11) is 0. The lowest BCUT2D eigenvalue weighted by Gasteiger charge is -2.18. The molecule has 0 unspecified atom stereocenters. The van der Waals surface area contributed by atoms with E-state index in [0.717, 1.165) is 19.6 Å². The average Bonchev–Trinajstić information content (AvgIpc) is 2.61. The lowest BCUT2D eigenvalue weighted by Crippen LogP contribution is -2.28. The number of anilines is 2. The molecule has 5 nitrogen and oxygen atoms in total. The van der Waals surface area contributed by atoms with Crippen LogP contribution in [0.5, 0.6) is 5.75 Å². The molecule has 2 aromatic rings. The van der Waals surface area contributed by atoms with E-state index in [0.29, 0.717) is 34.9 Å². The van der Waals surface area contributed by atoms with Gasteiger partial charge in [-0.1, -0.05) is 26.0 Å². The first-order chi connectivity index (χ1) is 11.6. The average molecular weight is 327 g/mol. The largest absolute Gasteiger partial charge is 0.491 e. The molecule has 0 saturated carbocycles. The van der Waals surface area contributed by atoms with Gasteiger partial charge in [0, 0.05) is 12.1 Å². The van der Waals surface area contributed by atoms with Gasteiger partial charge < -0.3 is 21.1 Å². The van der Waals surface area contributed by atoms with Crippen molar-refractivity contribution in [2.45, 2.75) is 13.8 Å². The minimum atomic E-state index is -0.125. The number of carbonyl (C=O) groups is 1. The number of nitrogen functional groups attached to an aromatic ring is 2. The summed E-state index contributed by atoms with van der Waals surface area (Å²) in [4.78, 5) is 15.0. The fraction of sp³-hybridized carbons (Fsp3) is 0.316. The van der Waals surface area contributed by atoms with Gasteiger partial charge in [0.15, 0.2) is 5.78 Å². The molecule has 0 bridgehead atoms. The molecule has 128 valence electrons. The molecule has 0 aromatic heterocycles. The first-order valence-electron chi connectivity index (χ1n) is 8.20. The van der Waals surface area contributed by atoms with Gasteiger partial charge in [-0.25, -0.2) is 0 Å². The maximum absolute atomic E-state index is 12.8. The third-order valence-corrected chi connectivity index (χ3v) is 4.04. The molecule has 5 heteroatoms. The van der Waals surface area contributed by atoms with Crippen LogP contribution in [-0.4, -0.2) is 36.9 Å². The highest BCUT2D eigenvalue weighted by molar-refractivity contribution is 6.11. The number of rotatable bonds is 8. The summed E-state index contributed by atoms with van der Waals surface area (Å²) < 4.78 is 5.85. The van der Waals surface area contributed by atoms with Gasteiger partial charge in [0.05, 0.1) is 16.9 Å². The summed E-state index contributed by atoms with van der Waals surface area (Å²) >= 11 is 0. The molecule has 0 heterocycles. The monoisotopic (exact) mass is 327 g/mol. The molecular formula is C19H25N3O2. The Bertz CT molecular complexity index is 697. The Morgan fingerprint density at radius 1 is 1.04 bits per heavy atom. The number of nitrogens with two attached hydrogens (primary N) is 2. The Morgan fingerprint density at radius 2 is 1.75 bits per heavy atom. The standard InChI is InChI=1S/C19H25N3O2/c1-3-22(4-2)11-12-24-18-8-6-5-7-15(18)19(23)14-9-10-16(20)17(21)13-14/h5-10,13H,3-4,11-12,20-21H2,1-2H3. The Hall–Kier alpha value is -2.53. The van der Waals surface area contributed by atoms with E-state index in [1.807, 2.05) is 18.2 Å². The second-order valence-corrected chi connectivity index (χ2v) is 5.54. The third-order valence-electron chi connectivity index (χ3n) is 4.04. The van der Waals surface area contributed by atoms with Gasteiger partial charge in [-0.15, -0.1) is 0 Å². The lowest BCUT2D eigenvalue weighted by atomic mass is 10.0. The molecule has 0 atom stereocenters. The Morgan fingerprint density at radius 3 is 2.42 bits per heavy atom. The van der Waals surface area contributed by atoms with Crippen LogP contribution in [0.2, 0.25) is 0 Å². The van der Waals surface area contributed by atoms with Gasteiger partial charge in [-0.2, -0.15) is 0 Å². The van der Waals surface area contributed by atoms with E-state index in [9.17, 15) is 4.79 Å². The van der Waals surface area contributed by atoms with Gasteiger partial charge >= 0.3 is 0 Å². The summed E-state index contributed by atoms with van der Waals surface area (Å²) in [6, 6.07) is 12.2. The molecule has 24 heavy (non-hydrogen) atoms.